The van der Waals surface area contributed by atoms with Crippen LogP contribution in [0.15, 0.2) is 143 Å². The van der Waals surface area contributed by atoms with Crippen molar-refractivity contribution in [3.8, 4) is 22.5 Å². The monoisotopic (exact) mass is 570 g/mol. The Balaban J connectivity index is 1.25. The van der Waals surface area contributed by atoms with Crippen molar-refractivity contribution in [2.45, 2.75) is 9.79 Å². The first-order valence-electron chi connectivity index (χ1n) is 14.2. The highest BCUT2D eigenvalue weighted by molar-refractivity contribution is 7.99. The molecule has 0 aliphatic carbocycles. The normalized spacial score (nSPS) is 12.7. The number of hydrogen-bond acceptors (Lipinski definition) is 2. The van der Waals surface area contributed by atoms with Gasteiger partial charge in [-0.1, -0.05) is 103 Å². The van der Waals surface area contributed by atoms with Crippen LogP contribution in [0.5, 0.6) is 0 Å². The number of hydrogen-bond donors (Lipinski definition) is 0. The second-order valence-corrected chi connectivity index (χ2v) is 13.1. The summed E-state index contributed by atoms with van der Waals surface area (Å²) in [4.78, 5) is 2.60. The van der Waals surface area contributed by atoms with Gasteiger partial charge in [-0.2, -0.15) is 0 Å². The molecule has 9 aromatic rings. The number of para-hydroxylation sites is 3. The molecule has 4 heteroatoms. The van der Waals surface area contributed by atoms with Crippen LogP contribution in [0.25, 0.3) is 75.5 Å². The van der Waals surface area contributed by atoms with Gasteiger partial charge in [-0.25, -0.2) is 0 Å². The molecule has 3 aromatic heterocycles. The van der Waals surface area contributed by atoms with Gasteiger partial charge >= 0.3 is 0 Å². The van der Waals surface area contributed by atoms with Gasteiger partial charge in [-0.15, -0.1) is 11.3 Å². The van der Waals surface area contributed by atoms with E-state index in [-0.39, 0.29) is 0 Å². The van der Waals surface area contributed by atoms with Gasteiger partial charge in [0.1, 0.15) is 5.65 Å². The van der Waals surface area contributed by atoms with Crippen molar-refractivity contribution in [3.63, 3.8) is 0 Å². The highest BCUT2D eigenvalue weighted by atomic mass is 32.2. The number of aromatic nitrogens is 2. The first-order valence-corrected chi connectivity index (χ1v) is 15.8. The molecule has 6 aromatic carbocycles. The van der Waals surface area contributed by atoms with Crippen molar-refractivity contribution >= 4 is 76.1 Å². The summed E-state index contributed by atoms with van der Waals surface area (Å²) in [5.41, 5.74) is 8.72. The van der Waals surface area contributed by atoms with E-state index in [1.54, 1.807) is 0 Å². The third kappa shape index (κ3) is 2.95. The smallest absolute Gasteiger partial charge is 0.131 e. The lowest BCUT2D eigenvalue weighted by Crippen LogP contribution is -2.05. The summed E-state index contributed by atoms with van der Waals surface area (Å²) < 4.78 is 7.65. The molecule has 196 valence electrons. The largest absolute Gasteiger partial charge is 0.295 e. The van der Waals surface area contributed by atoms with E-state index in [0.717, 1.165) is 0 Å². The summed E-state index contributed by atoms with van der Waals surface area (Å²) in [6.07, 6.45) is 0. The maximum absolute atomic E-state index is 2.50. The standard InChI is InChI=1S/C38H22N2S2/c1-3-14-30-28(10-1)35-29-13-8-18-34-36(29)40(31-15-4-6-17-33(31)41-34)38(35)39(30)24-21-19-23(20-22-24)25-11-7-12-27-26-9-2-5-16-32(26)42-37(25)27/h1-22H. The molecule has 0 fully saturated rings. The van der Waals surface area contributed by atoms with Gasteiger partial charge in [0.05, 0.1) is 16.7 Å². The van der Waals surface area contributed by atoms with Crippen molar-refractivity contribution in [2.75, 3.05) is 0 Å². The minimum absolute atomic E-state index is 1.17. The number of fused-ring (bicyclic) bond motifs is 10. The van der Waals surface area contributed by atoms with Crippen LogP contribution < -0.4 is 0 Å². The molecular formula is C38H22N2S2. The molecule has 0 atom stereocenters. The minimum Gasteiger partial charge on any atom is -0.295 e. The zero-order chi connectivity index (χ0) is 27.4. The second-order valence-electron chi connectivity index (χ2n) is 10.9. The highest BCUT2D eigenvalue weighted by Crippen LogP contribution is 2.49. The summed E-state index contributed by atoms with van der Waals surface area (Å²) in [6.45, 7) is 0. The van der Waals surface area contributed by atoms with E-state index < -0.39 is 0 Å². The molecule has 10 rings (SSSR count). The molecule has 0 unspecified atom stereocenters. The van der Waals surface area contributed by atoms with Crippen LogP contribution in [-0.2, 0) is 0 Å². The maximum atomic E-state index is 2.50. The van der Waals surface area contributed by atoms with Crippen LogP contribution in [0.1, 0.15) is 0 Å². The van der Waals surface area contributed by atoms with Gasteiger partial charge in [-0.3, -0.25) is 9.13 Å². The Morgan fingerprint density at radius 3 is 2.14 bits per heavy atom. The van der Waals surface area contributed by atoms with E-state index in [1.165, 1.54) is 85.3 Å². The summed E-state index contributed by atoms with van der Waals surface area (Å²) in [5, 5.41) is 6.59. The molecule has 0 radical (unpaired) electrons. The Hall–Kier alpha value is -4.77. The molecule has 0 saturated carbocycles. The van der Waals surface area contributed by atoms with E-state index in [1.807, 2.05) is 23.1 Å². The Labute approximate surface area is 250 Å². The molecule has 1 aliphatic rings. The SMILES string of the molecule is c1ccc2c(c1)Sc1cccc3c4c5ccccc5n(-c5ccc(-c6cccc7c6sc6ccccc67)cc5)c4n-2c13. The molecule has 0 N–H and O–H groups in total. The first kappa shape index (κ1) is 22.9. The Kier molecular flexibility index (Phi) is 4.57. The average molecular weight is 571 g/mol. The lowest BCUT2D eigenvalue weighted by molar-refractivity contribution is 1.03. The predicted molar refractivity (Wildman–Crippen MR) is 180 cm³/mol. The fourth-order valence-electron chi connectivity index (χ4n) is 6.95. The molecule has 42 heavy (non-hydrogen) atoms. The number of thiophene rings is 1. The van der Waals surface area contributed by atoms with Gasteiger partial charge < -0.3 is 0 Å². The Bertz CT molecular complexity index is 2540. The van der Waals surface area contributed by atoms with Gasteiger partial charge in [0.25, 0.3) is 0 Å². The minimum atomic E-state index is 1.17. The highest BCUT2D eigenvalue weighted by Gasteiger charge is 2.27. The Morgan fingerprint density at radius 2 is 1.21 bits per heavy atom. The molecule has 4 heterocycles. The lowest BCUT2D eigenvalue weighted by Gasteiger charge is -2.21. The fourth-order valence-corrected chi connectivity index (χ4v) is 9.28. The summed E-state index contributed by atoms with van der Waals surface area (Å²) in [7, 11) is 0. The van der Waals surface area contributed by atoms with Crippen LogP contribution in [-0.4, -0.2) is 9.13 Å². The van der Waals surface area contributed by atoms with Gasteiger partial charge in [0.2, 0.25) is 0 Å². The van der Waals surface area contributed by atoms with E-state index >= 15 is 0 Å². The van der Waals surface area contributed by atoms with Crippen molar-refractivity contribution in [1.29, 1.82) is 0 Å². The lowest BCUT2D eigenvalue weighted by atomic mass is 10.0. The van der Waals surface area contributed by atoms with Crippen molar-refractivity contribution < 1.29 is 0 Å². The average Bonchev–Trinajstić information content (AvgIpc) is 3.70. The van der Waals surface area contributed by atoms with Crippen LogP contribution >= 0.6 is 23.1 Å². The predicted octanol–water partition coefficient (Wildman–Crippen LogP) is 11.2. The Morgan fingerprint density at radius 1 is 0.500 bits per heavy atom. The molecule has 1 aliphatic heterocycles. The third-order valence-corrected chi connectivity index (χ3v) is 11.1. The van der Waals surface area contributed by atoms with E-state index in [4.69, 9.17) is 0 Å². The third-order valence-electron chi connectivity index (χ3n) is 8.72. The molecule has 0 saturated heterocycles. The van der Waals surface area contributed by atoms with Crippen LogP contribution in [0.4, 0.5) is 0 Å². The number of nitrogens with zero attached hydrogens (tertiary/aromatic N) is 2. The number of benzene rings is 6. The first-order chi connectivity index (χ1) is 20.8. The van der Waals surface area contributed by atoms with Gasteiger partial charge in [0.15, 0.2) is 0 Å². The van der Waals surface area contributed by atoms with Crippen LogP contribution in [0, 0.1) is 0 Å². The van der Waals surface area contributed by atoms with Crippen LogP contribution in [0.3, 0.4) is 0 Å². The van der Waals surface area contributed by atoms with Crippen molar-refractivity contribution in [2.24, 2.45) is 0 Å². The van der Waals surface area contributed by atoms with Gasteiger partial charge in [-0.05, 0) is 53.6 Å². The quantitative estimate of drug-likeness (QED) is 0.201. The maximum Gasteiger partial charge on any atom is 0.131 e. The molecule has 0 bridgehead atoms. The van der Waals surface area contributed by atoms with E-state index in [0.29, 0.717) is 0 Å². The summed E-state index contributed by atoms with van der Waals surface area (Å²) in [6, 6.07) is 49.0. The second kappa shape index (κ2) is 8.39. The molecular weight excluding hydrogens is 549 g/mol. The molecule has 2 nitrogen and oxygen atoms in total. The zero-order valence-corrected chi connectivity index (χ0v) is 24.0. The molecule has 0 amide bonds. The fraction of sp³-hybridized carbons (Fsp3) is 0. The topological polar surface area (TPSA) is 9.86 Å². The van der Waals surface area contributed by atoms with E-state index in [2.05, 4.69) is 143 Å². The number of rotatable bonds is 2. The summed E-state index contributed by atoms with van der Waals surface area (Å²) >= 11 is 3.76. The van der Waals surface area contributed by atoms with Crippen molar-refractivity contribution in [3.05, 3.63) is 133 Å². The molecule has 0 spiro atoms. The van der Waals surface area contributed by atoms with E-state index in [9.17, 15) is 0 Å². The van der Waals surface area contributed by atoms with Crippen LogP contribution in [0.2, 0.25) is 0 Å². The summed E-state index contributed by atoms with van der Waals surface area (Å²) in [5.74, 6) is 0. The van der Waals surface area contributed by atoms with Crippen molar-refractivity contribution in [1.82, 2.24) is 9.13 Å². The van der Waals surface area contributed by atoms with Gasteiger partial charge in [0, 0.05) is 51.8 Å². The zero-order valence-electron chi connectivity index (χ0n) is 22.4.